The number of amides is 1. The lowest BCUT2D eigenvalue weighted by Crippen LogP contribution is -2.37. The lowest BCUT2D eigenvalue weighted by atomic mass is 10.2. The van der Waals surface area contributed by atoms with E-state index in [1.54, 1.807) is 0 Å². The third-order valence-electron chi connectivity index (χ3n) is 2.77. The van der Waals surface area contributed by atoms with Crippen molar-refractivity contribution in [3.8, 4) is 0 Å². The number of hydrogen-bond donors (Lipinski definition) is 3. The Balaban J connectivity index is 1.86. The maximum absolute atomic E-state index is 11.7. The summed E-state index contributed by atoms with van der Waals surface area (Å²) in [4.78, 5) is 13.6. The third-order valence-corrected chi connectivity index (χ3v) is 3.61. The maximum Gasteiger partial charge on any atom is 0.243 e. The molecule has 0 fully saturated rings. The summed E-state index contributed by atoms with van der Waals surface area (Å²) in [5.41, 5.74) is 4.27. The van der Waals surface area contributed by atoms with Crippen molar-refractivity contribution in [3.05, 3.63) is 29.3 Å². The van der Waals surface area contributed by atoms with Gasteiger partial charge in [-0.05, 0) is 12.1 Å². The molecule has 0 atom stereocenters. The zero-order valence-electron chi connectivity index (χ0n) is 9.96. The van der Waals surface area contributed by atoms with Gasteiger partial charge in [-0.25, -0.2) is 5.84 Å². The van der Waals surface area contributed by atoms with Crippen LogP contribution in [-0.2, 0) is 11.3 Å². The van der Waals surface area contributed by atoms with Crippen LogP contribution in [0.15, 0.2) is 24.3 Å². The zero-order chi connectivity index (χ0) is 13.2. The number of rotatable bonds is 3. The first kappa shape index (κ1) is 11.9. The molecule has 0 saturated carbocycles. The highest BCUT2D eigenvalue weighted by atomic mass is 32.1. The van der Waals surface area contributed by atoms with Crippen LogP contribution in [0.25, 0.3) is 0 Å². The van der Waals surface area contributed by atoms with E-state index in [1.807, 2.05) is 29.2 Å². The number of nitrogen functional groups attached to an aromatic ring is 1. The van der Waals surface area contributed by atoms with Crippen LogP contribution in [0.5, 0.6) is 0 Å². The lowest BCUT2D eigenvalue weighted by Gasteiger charge is -2.29. The zero-order valence-corrected chi connectivity index (χ0v) is 10.8. The summed E-state index contributed by atoms with van der Waals surface area (Å²) < 4.78 is 0. The van der Waals surface area contributed by atoms with Crippen molar-refractivity contribution >= 4 is 33.8 Å². The standard InChI is InChI=1S/C11H12N6OS/c12-14-11-16-15-10(19-11)6-17-5-9(18)13-7-3-1-2-4-8(7)17/h1-4H,5-6,12H2,(H,13,18)(H,14,16). The molecule has 1 aliphatic rings. The average Bonchev–Trinajstić information content (AvgIpc) is 2.86. The molecule has 0 radical (unpaired) electrons. The number of anilines is 3. The van der Waals surface area contributed by atoms with E-state index in [0.29, 0.717) is 18.2 Å². The fourth-order valence-corrected chi connectivity index (χ4v) is 2.65. The van der Waals surface area contributed by atoms with Gasteiger partial charge in [0, 0.05) is 0 Å². The topological polar surface area (TPSA) is 96.2 Å². The summed E-state index contributed by atoms with van der Waals surface area (Å²) in [7, 11) is 0. The molecule has 0 spiro atoms. The summed E-state index contributed by atoms with van der Waals surface area (Å²) in [6, 6.07) is 7.69. The van der Waals surface area contributed by atoms with Gasteiger partial charge in [0.15, 0.2) is 0 Å². The predicted octanol–water partition coefficient (Wildman–Crippen LogP) is 0.782. The first-order valence-electron chi connectivity index (χ1n) is 5.69. The number of hydrazine groups is 1. The van der Waals surface area contributed by atoms with Crippen molar-refractivity contribution in [1.29, 1.82) is 0 Å². The number of aromatic nitrogens is 2. The van der Waals surface area contributed by atoms with Gasteiger partial charge in [-0.3, -0.25) is 10.2 Å². The Morgan fingerprint density at radius 2 is 2.26 bits per heavy atom. The number of nitrogens with two attached hydrogens (primary N) is 1. The second-order valence-electron chi connectivity index (χ2n) is 4.07. The van der Waals surface area contributed by atoms with Crippen LogP contribution in [0.3, 0.4) is 0 Å². The van der Waals surface area contributed by atoms with Gasteiger partial charge in [0.1, 0.15) is 5.01 Å². The molecule has 19 heavy (non-hydrogen) atoms. The minimum atomic E-state index is -0.0274. The van der Waals surface area contributed by atoms with Crippen molar-refractivity contribution in [2.24, 2.45) is 5.84 Å². The normalized spacial score (nSPS) is 13.9. The largest absolute Gasteiger partial charge is 0.354 e. The minimum Gasteiger partial charge on any atom is -0.354 e. The Morgan fingerprint density at radius 1 is 1.42 bits per heavy atom. The van der Waals surface area contributed by atoms with E-state index in [2.05, 4.69) is 20.9 Å². The number of fused-ring (bicyclic) bond motifs is 1. The first-order chi connectivity index (χ1) is 9.26. The van der Waals surface area contributed by atoms with E-state index < -0.39 is 0 Å². The summed E-state index contributed by atoms with van der Waals surface area (Å²) >= 11 is 1.37. The Hall–Kier alpha value is -2.19. The molecular formula is C11H12N6OS. The second-order valence-corrected chi connectivity index (χ2v) is 5.13. The van der Waals surface area contributed by atoms with E-state index >= 15 is 0 Å². The molecule has 0 unspecified atom stereocenters. The molecule has 3 rings (SSSR count). The van der Waals surface area contributed by atoms with E-state index in [9.17, 15) is 4.79 Å². The fourth-order valence-electron chi connectivity index (χ4n) is 1.98. The van der Waals surface area contributed by atoms with Crippen molar-refractivity contribution in [3.63, 3.8) is 0 Å². The van der Waals surface area contributed by atoms with E-state index in [1.165, 1.54) is 11.3 Å². The van der Waals surface area contributed by atoms with Crippen LogP contribution in [0.4, 0.5) is 16.5 Å². The summed E-state index contributed by atoms with van der Waals surface area (Å²) in [5.74, 6) is 5.25. The number of benzene rings is 1. The van der Waals surface area contributed by atoms with Gasteiger partial charge in [0.25, 0.3) is 0 Å². The molecule has 0 saturated heterocycles. The molecule has 1 amide bonds. The van der Waals surface area contributed by atoms with Crippen LogP contribution in [0.2, 0.25) is 0 Å². The van der Waals surface area contributed by atoms with E-state index in [4.69, 9.17) is 5.84 Å². The highest BCUT2D eigenvalue weighted by molar-refractivity contribution is 7.15. The van der Waals surface area contributed by atoms with Crippen LogP contribution < -0.4 is 21.5 Å². The average molecular weight is 276 g/mol. The van der Waals surface area contributed by atoms with Crippen molar-refractivity contribution in [2.75, 3.05) is 22.2 Å². The molecule has 1 aliphatic heterocycles. The number of carbonyl (C=O) groups is 1. The molecule has 2 aromatic rings. The van der Waals surface area contributed by atoms with Crippen LogP contribution in [-0.4, -0.2) is 22.6 Å². The smallest absolute Gasteiger partial charge is 0.243 e. The maximum atomic E-state index is 11.7. The molecule has 2 heterocycles. The first-order valence-corrected chi connectivity index (χ1v) is 6.51. The van der Waals surface area contributed by atoms with Gasteiger partial charge < -0.3 is 10.2 Å². The third kappa shape index (κ3) is 2.35. The lowest BCUT2D eigenvalue weighted by molar-refractivity contribution is -0.115. The number of carbonyl (C=O) groups excluding carboxylic acids is 1. The van der Waals surface area contributed by atoms with Crippen molar-refractivity contribution in [2.45, 2.75) is 6.54 Å². The quantitative estimate of drug-likeness (QED) is 0.566. The molecule has 1 aromatic carbocycles. The Bertz CT molecular complexity index is 613. The fraction of sp³-hybridized carbons (Fsp3) is 0.182. The number of nitrogens with one attached hydrogen (secondary N) is 2. The summed E-state index contributed by atoms with van der Waals surface area (Å²) in [5, 5.41) is 12.1. The molecule has 8 heteroatoms. The predicted molar refractivity (Wildman–Crippen MR) is 73.8 cm³/mol. The molecule has 0 aliphatic carbocycles. The van der Waals surface area contributed by atoms with Gasteiger partial charge in [-0.15, -0.1) is 10.2 Å². The van der Waals surface area contributed by atoms with Gasteiger partial charge >= 0.3 is 0 Å². The van der Waals surface area contributed by atoms with E-state index in [0.717, 1.165) is 16.4 Å². The monoisotopic (exact) mass is 276 g/mol. The van der Waals surface area contributed by atoms with Crippen LogP contribution in [0.1, 0.15) is 5.01 Å². The molecule has 98 valence electrons. The van der Waals surface area contributed by atoms with E-state index in [-0.39, 0.29) is 5.91 Å². The Labute approximate surface area is 113 Å². The number of hydrogen-bond acceptors (Lipinski definition) is 7. The molecule has 0 bridgehead atoms. The van der Waals surface area contributed by atoms with Crippen LogP contribution in [0, 0.1) is 0 Å². The second kappa shape index (κ2) is 4.82. The van der Waals surface area contributed by atoms with Crippen molar-refractivity contribution < 1.29 is 4.79 Å². The molecule has 7 nitrogen and oxygen atoms in total. The molecule has 1 aromatic heterocycles. The molecule has 4 N–H and O–H groups in total. The summed E-state index contributed by atoms with van der Waals surface area (Å²) in [6.45, 7) is 0.839. The van der Waals surface area contributed by atoms with Gasteiger partial charge in [-0.2, -0.15) is 0 Å². The van der Waals surface area contributed by atoms with Gasteiger partial charge in [0.2, 0.25) is 11.0 Å². The number of nitrogens with zero attached hydrogens (tertiary/aromatic N) is 3. The highest BCUT2D eigenvalue weighted by Gasteiger charge is 2.22. The minimum absolute atomic E-state index is 0.0274. The Morgan fingerprint density at radius 3 is 3.05 bits per heavy atom. The highest BCUT2D eigenvalue weighted by Crippen LogP contribution is 2.30. The van der Waals surface area contributed by atoms with Crippen LogP contribution >= 0.6 is 11.3 Å². The molecular weight excluding hydrogens is 264 g/mol. The number of para-hydroxylation sites is 2. The Kier molecular flexibility index (Phi) is 3.02. The van der Waals surface area contributed by atoms with Gasteiger partial charge in [-0.1, -0.05) is 23.5 Å². The van der Waals surface area contributed by atoms with Crippen molar-refractivity contribution in [1.82, 2.24) is 10.2 Å². The van der Waals surface area contributed by atoms with Gasteiger partial charge in [0.05, 0.1) is 24.5 Å². The SMILES string of the molecule is NNc1nnc(CN2CC(=O)Nc3ccccc32)s1. The summed E-state index contributed by atoms with van der Waals surface area (Å²) in [6.07, 6.45) is 0.